The Labute approximate surface area is 189 Å². The minimum atomic E-state index is -0.309. The molecular weight excluding hydrogens is 405 g/mol. The molecule has 1 amide bonds. The molecule has 7 heteroatoms. The summed E-state index contributed by atoms with van der Waals surface area (Å²) in [5.41, 5.74) is 0.906. The lowest BCUT2D eigenvalue weighted by molar-refractivity contribution is -0.139. The number of piperidine rings is 2. The lowest BCUT2D eigenvalue weighted by Crippen LogP contribution is -2.47. The second kappa shape index (κ2) is 9.69. The fourth-order valence-electron chi connectivity index (χ4n) is 5.67. The molecule has 3 aliphatic rings. The molecule has 0 saturated carbocycles. The standard InChI is InChI=1S/C25H34FN5O/c26-21-10-8-19(9-11-21)23(29-14-4-2-5-15-29)25(32)30-17-12-20(13-18-30)24-28-27-22-7-3-1-6-16-31(22)24/h8-11,20,23H,1-7,12-18H2. The average molecular weight is 440 g/mol. The molecule has 32 heavy (non-hydrogen) atoms. The number of halogens is 1. The number of hydrogen-bond donors (Lipinski definition) is 0. The Bertz CT molecular complexity index is 913. The number of aryl methyl sites for hydroxylation is 1. The van der Waals surface area contributed by atoms with E-state index in [9.17, 15) is 9.18 Å². The molecule has 5 rings (SSSR count). The van der Waals surface area contributed by atoms with Gasteiger partial charge >= 0.3 is 0 Å². The molecule has 1 unspecified atom stereocenters. The Morgan fingerprint density at radius 2 is 1.56 bits per heavy atom. The van der Waals surface area contributed by atoms with E-state index in [1.807, 2.05) is 4.90 Å². The van der Waals surface area contributed by atoms with Gasteiger partial charge in [-0.2, -0.15) is 0 Å². The van der Waals surface area contributed by atoms with E-state index in [1.54, 1.807) is 12.1 Å². The molecule has 3 aliphatic heterocycles. The minimum absolute atomic E-state index is 0.164. The van der Waals surface area contributed by atoms with Crippen LogP contribution in [0.5, 0.6) is 0 Å². The summed E-state index contributed by atoms with van der Waals surface area (Å²) in [6.45, 7) is 4.37. The van der Waals surface area contributed by atoms with Crippen LogP contribution in [0.3, 0.4) is 0 Å². The third-order valence-corrected chi connectivity index (χ3v) is 7.49. The average Bonchev–Trinajstić information content (AvgIpc) is 3.09. The highest BCUT2D eigenvalue weighted by atomic mass is 19.1. The number of carbonyl (C=O) groups is 1. The van der Waals surface area contributed by atoms with Gasteiger partial charge in [-0.3, -0.25) is 9.69 Å². The van der Waals surface area contributed by atoms with Crippen LogP contribution in [0, 0.1) is 5.82 Å². The van der Waals surface area contributed by atoms with E-state index < -0.39 is 0 Å². The molecular formula is C25H34FN5O. The molecule has 2 aromatic rings. The minimum Gasteiger partial charge on any atom is -0.341 e. The van der Waals surface area contributed by atoms with Crippen LogP contribution in [0.1, 0.15) is 80.5 Å². The molecule has 2 saturated heterocycles. The topological polar surface area (TPSA) is 54.3 Å². The summed E-state index contributed by atoms with van der Waals surface area (Å²) in [4.78, 5) is 18.0. The predicted octanol–water partition coefficient (Wildman–Crippen LogP) is 4.08. The van der Waals surface area contributed by atoms with Crippen molar-refractivity contribution < 1.29 is 9.18 Å². The van der Waals surface area contributed by atoms with Gasteiger partial charge in [0, 0.05) is 32.0 Å². The van der Waals surface area contributed by atoms with E-state index in [0.717, 1.165) is 82.0 Å². The van der Waals surface area contributed by atoms with Gasteiger partial charge in [0.25, 0.3) is 0 Å². The van der Waals surface area contributed by atoms with E-state index in [-0.39, 0.29) is 17.8 Å². The Morgan fingerprint density at radius 3 is 2.31 bits per heavy atom. The Balaban J connectivity index is 1.29. The van der Waals surface area contributed by atoms with Gasteiger partial charge in [-0.15, -0.1) is 10.2 Å². The van der Waals surface area contributed by atoms with Gasteiger partial charge in [0.05, 0.1) is 0 Å². The van der Waals surface area contributed by atoms with Gasteiger partial charge in [-0.1, -0.05) is 25.0 Å². The fourth-order valence-corrected chi connectivity index (χ4v) is 5.67. The number of rotatable bonds is 4. The zero-order valence-electron chi connectivity index (χ0n) is 18.9. The summed E-state index contributed by atoms with van der Waals surface area (Å²) in [5, 5.41) is 9.04. The largest absolute Gasteiger partial charge is 0.341 e. The molecule has 4 heterocycles. The Kier molecular flexibility index (Phi) is 6.53. The molecule has 6 nitrogen and oxygen atoms in total. The highest BCUT2D eigenvalue weighted by Crippen LogP contribution is 2.32. The molecule has 1 atom stereocenters. The smallest absolute Gasteiger partial charge is 0.244 e. The van der Waals surface area contributed by atoms with Gasteiger partial charge in [-0.05, 0) is 69.3 Å². The van der Waals surface area contributed by atoms with E-state index in [4.69, 9.17) is 0 Å². The van der Waals surface area contributed by atoms with Gasteiger partial charge in [0.2, 0.25) is 5.91 Å². The highest BCUT2D eigenvalue weighted by molar-refractivity contribution is 5.83. The third-order valence-electron chi connectivity index (χ3n) is 7.49. The molecule has 0 bridgehead atoms. The summed E-state index contributed by atoms with van der Waals surface area (Å²) in [6.07, 6.45) is 10.00. The first kappa shape index (κ1) is 21.6. The van der Waals surface area contributed by atoms with Crippen molar-refractivity contribution in [2.24, 2.45) is 0 Å². The lowest BCUT2D eigenvalue weighted by Gasteiger charge is -2.39. The zero-order chi connectivity index (χ0) is 21.9. The van der Waals surface area contributed by atoms with Crippen molar-refractivity contribution in [3.63, 3.8) is 0 Å². The van der Waals surface area contributed by atoms with Crippen LogP contribution in [0.4, 0.5) is 4.39 Å². The van der Waals surface area contributed by atoms with Crippen molar-refractivity contribution in [1.29, 1.82) is 0 Å². The molecule has 0 spiro atoms. The van der Waals surface area contributed by atoms with Crippen LogP contribution >= 0.6 is 0 Å². The van der Waals surface area contributed by atoms with Gasteiger partial charge in [-0.25, -0.2) is 4.39 Å². The Morgan fingerprint density at radius 1 is 0.875 bits per heavy atom. The first-order valence-corrected chi connectivity index (χ1v) is 12.4. The summed E-state index contributed by atoms with van der Waals surface area (Å²) in [7, 11) is 0. The van der Waals surface area contributed by atoms with Gasteiger partial charge in [0.15, 0.2) is 0 Å². The summed E-state index contributed by atoms with van der Waals surface area (Å²) >= 11 is 0. The molecule has 0 N–H and O–H groups in total. The van der Waals surface area contributed by atoms with Crippen LogP contribution in [-0.2, 0) is 17.8 Å². The number of benzene rings is 1. The maximum Gasteiger partial charge on any atom is 0.244 e. The van der Waals surface area contributed by atoms with Crippen LogP contribution in [-0.4, -0.2) is 56.7 Å². The van der Waals surface area contributed by atoms with E-state index >= 15 is 0 Å². The first-order valence-electron chi connectivity index (χ1n) is 12.4. The maximum atomic E-state index is 13.7. The number of hydrogen-bond acceptors (Lipinski definition) is 4. The van der Waals surface area contributed by atoms with Gasteiger partial charge < -0.3 is 9.47 Å². The third kappa shape index (κ3) is 4.45. The molecule has 2 fully saturated rings. The number of carbonyl (C=O) groups excluding carboxylic acids is 1. The zero-order valence-corrected chi connectivity index (χ0v) is 18.9. The van der Waals surface area contributed by atoms with Crippen molar-refractivity contribution >= 4 is 5.91 Å². The SMILES string of the molecule is O=C(C(c1ccc(F)cc1)N1CCCCC1)N1CCC(c2nnc3n2CCCCC3)CC1. The summed E-state index contributed by atoms with van der Waals surface area (Å²) in [6, 6.07) is 6.21. The summed E-state index contributed by atoms with van der Waals surface area (Å²) in [5.74, 6) is 2.54. The van der Waals surface area contributed by atoms with E-state index in [1.165, 1.54) is 37.8 Å². The van der Waals surface area contributed by atoms with Crippen LogP contribution in [0.15, 0.2) is 24.3 Å². The van der Waals surface area contributed by atoms with Crippen molar-refractivity contribution in [2.45, 2.75) is 76.3 Å². The molecule has 0 radical (unpaired) electrons. The Hall–Kier alpha value is -2.28. The van der Waals surface area contributed by atoms with Crippen LogP contribution < -0.4 is 0 Å². The molecule has 0 aliphatic carbocycles. The number of aromatic nitrogens is 3. The first-order chi connectivity index (χ1) is 15.7. The lowest BCUT2D eigenvalue weighted by atomic mass is 9.94. The number of amides is 1. The van der Waals surface area contributed by atoms with Crippen LogP contribution in [0.25, 0.3) is 0 Å². The van der Waals surface area contributed by atoms with Crippen molar-refractivity contribution in [1.82, 2.24) is 24.6 Å². The predicted molar refractivity (Wildman–Crippen MR) is 121 cm³/mol. The van der Waals surface area contributed by atoms with E-state index in [2.05, 4.69) is 19.7 Å². The monoisotopic (exact) mass is 439 g/mol. The van der Waals surface area contributed by atoms with Crippen molar-refractivity contribution in [3.05, 3.63) is 47.3 Å². The van der Waals surface area contributed by atoms with Gasteiger partial charge in [0.1, 0.15) is 23.5 Å². The highest BCUT2D eigenvalue weighted by Gasteiger charge is 2.35. The number of nitrogens with zero attached hydrogens (tertiary/aromatic N) is 5. The molecule has 172 valence electrons. The second-order valence-corrected chi connectivity index (χ2v) is 9.59. The van der Waals surface area contributed by atoms with Crippen LogP contribution in [0.2, 0.25) is 0 Å². The normalized spacial score (nSPS) is 21.7. The second-order valence-electron chi connectivity index (χ2n) is 9.59. The fraction of sp³-hybridized carbons (Fsp3) is 0.640. The quantitative estimate of drug-likeness (QED) is 0.721. The van der Waals surface area contributed by atoms with Crippen molar-refractivity contribution in [3.8, 4) is 0 Å². The number of likely N-dealkylation sites (tertiary alicyclic amines) is 2. The maximum absolute atomic E-state index is 13.7. The molecule has 1 aromatic heterocycles. The number of fused-ring (bicyclic) bond motifs is 1. The van der Waals surface area contributed by atoms with E-state index in [0.29, 0.717) is 5.92 Å². The van der Waals surface area contributed by atoms with Crippen molar-refractivity contribution in [2.75, 3.05) is 26.2 Å². The molecule has 1 aromatic carbocycles. The summed E-state index contributed by atoms with van der Waals surface area (Å²) < 4.78 is 15.9.